The maximum Gasteiger partial charge on any atom is 0.416 e. The number of benzene rings is 2. The normalized spacial score (nSPS) is 12.2. The van der Waals surface area contributed by atoms with Crippen LogP contribution in [0.5, 0.6) is 17.2 Å². The van der Waals surface area contributed by atoms with Crippen LogP contribution in [0.3, 0.4) is 0 Å². The van der Waals surface area contributed by atoms with E-state index < -0.39 is 29.6 Å². The molecule has 8 heteroatoms. The van der Waals surface area contributed by atoms with E-state index in [1.807, 2.05) is 0 Å². The van der Waals surface area contributed by atoms with Gasteiger partial charge in [0.1, 0.15) is 23.7 Å². The molecular weight excluding hydrogens is 365 g/mol. The lowest BCUT2D eigenvalue weighted by atomic mass is 10.2. The minimum absolute atomic E-state index is 0.248. The molecule has 0 aliphatic carbocycles. The zero-order valence-electron chi connectivity index (χ0n) is 14.6. The minimum atomic E-state index is -4.40. The molecule has 0 bridgehead atoms. The number of rotatable bonds is 7. The zero-order valence-corrected chi connectivity index (χ0v) is 14.6. The summed E-state index contributed by atoms with van der Waals surface area (Å²) in [6, 6.07) is 10.5. The van der Waals surface area contributed by atoms with Crippen LogP contribution in [0.25, 0.3) is 0 Å². The molecule has 0 spiro atoms. The Hall–Kier alpha value is -3.03. The van der Waals surface area contributed by atoms with Crippen LogP contribution in [0.15, 0.2) is 48.5 Å². The van der Waals surface area contributed by atoms with Crippen molar-refractivity contribution in [1.29, 1.82) is 0 Å². The Kier molecular flexibility index (Phi) is 6.44. The van der Waals surface area contributed by atoms with Gasteiger partial charge < -0.3 is 14.2 Å². The molecule has 0 heterocycles. The summed E-state index contributed by atoms with van der Waals surface area (Å²) in [5.41, 5.74) is -0.760. The van der Waals surface area contributed by atoms with Gasteiger partial charge in [0.15, 0.2) is 11.9 Å². The summed E-state index contributed by atoms with van der Waals surface area (Å²) in [7, 11) is 1.19. The number of esters is 1. The van der Waals surface area contributed by atoms with Crippen molar-refractivity contribution in [3.63, 3.8) is 0 Å². The van der Waals surface area contributed by atoms with Crippen molar-refractivity contribution in [2.75, 3.05) is 7.11 Å². The Labute approximate surface area is 153 Å². The van der Waals surface area contributed by atoms with Crippen molar-refractivity contribution >= 4 is 11.8 Å². The predicted octanol–water partition coefficient (Wildman–Crippen LogP) is 4.40. The fourth-order valence-electron chi connectivity index (χ4n) is 2.06. The fourth-order valence-corrected chi connectivity index (χ4v) is 2.06. The number of carbonyl (C=O) groups is 2. The van der Waals surface area contributed by atoms with E-state index in [0.717, 1.165) is 12.1 Å². The lowest BCUT2D eigenvalue weighted by molar-refractivity contribution is -0.145. The Morgan fingerprint density at radius 3 is 1.89 bits per heavy atom. The standard InChI is InChI=1S/C19H17F3O5/c1-12(17(23)11-18(24)25-2)26-14-7-9-16(10-8-14)27-15-5-3-13(4-6-15)19(20,21)22/h3-10,12H,11H2,1-2H3. The zero-order chi connectivity index (χ0) is 20.0. The molecule has 0 saturated heterocycles. The average molecular weight is 382 g/mol. The molecule has 0 saturated carbocycles. The summed E-state index contributed by atoms with van der Waals surface area (Å²) in [5, 5.41) is 0. The molecule has 5 nitrogen and oxygen atoms in total. The minimum Gasteiger partial charge on any atom is -0.483 e. The van der Waals surface area contributed by atoms with Crippen molar-refractivity contribution in [1.82, 2.24) is 0 Å². The summed E-state index contributed by atoms with van der Waals surface area (Å²) in [6.07, 6.45) is -5.63. The third kappa shape index (κ3) is 6.02. The van der Waals surface area contributed by atoms with E-state index in [2.05, 4.69) is 4.74 Å². The van der Waals surface area contributed by atoms with Crippen LogP contribution in [0.1, 0.15) is 18.9 Å². The van der Waals surface area contributed by atoms with Crippen LogP contribution in [0.2, 0.25) is 0 Å². The van der Waals surface area contributed by atoms with Crippen molar-refractivity contribution in [2.24, 2.45) is 0 Å². The number of halogens is 3. The first-order chi connectivity index (χ1) is 12.7. The molecule has 0 N–H and O–H groups in total. The summed E-state index contributed by atoms with van der Waals surface area (Å²) in [4.78, 5) is 22.9. The molecule has 2 aromatic rings. The third-order valence-corrected chi connectivity index (χ3v) is 3.55. The fraction of sp³-hybridized carbons (Fsp3) is 0.263. The molecule has 144 valence electrons. The lowest BCUT2D eigenvalue weighted by Gasteiger charge is -2.14. The first kappa shape index (κ1) is 20.3. The third-order valence-electron chi connectivity index (χ3n) is 3.55. The number of ketones is 1. The van der Waals surface area contributed by atoms with E-state index in [1.165, 1.54) is 26.2 Å². The first-order valence-electron chi connectivity index (χ1n) is 7.90. The van der Waals surface area contributed by atoms with Crippen LogP contribution in [0, 0.1) is 0 Å². The molecule has 1 unspecified atom stereocenters. The van der Waals surface area contributed by atoms with E-state index in [0.29, 0.717) is 11.5 Å². The Balaban J connectivity index is 1.95. The van der Waals surface area contributed by atoms with Crippen LogP contribution in [-0.2, 0) is 20.5 Å². The van der Waals surface area contributed by atoms with Gasteiger partial charge >= 0.3 is 12.1 Å². The topological polar surface area (TPSA) is 61.8 Å². The highest BCUT2D eigenvalue weighted by Crippen LogP contribution is 2.31. The SMILES string of the molecule is COC(=O)CC(=O)C(C)Oc1ccc(Oc2ccc(C(F)(F)F)cc2)cc1. The average Bonchev–Trinajstić information content (AvgIpc) is 2.62. The van der Waals surface area contributed by atoms with Gasteiger partial charge in [0.2, 0.25) is 0 Å². The van der Waals surface area contributed by atoms with Gasteiger partial charge in [-0.15, -0.1) is 0 Å². The summed E-state index contributed by atoms with van der Waals surface area (Å²) in [5.74, 6) is -0.0582. The van der Waals surface area contributed by atoms with E-state index in [1.54, 1.807) is 24.3 Å². The Morgan fingerprint density at radius 2 is 1.41 bits per heavy atom. The largest absolute Gasteiger partial charge is 0.483 e. The van der Waals surface area contributed by atoms with Gasteiger partial charge in [-0.3, -0.25) is 9.59 Å². The van der Waals surface area contributed by atoms with Crippen molar-refractivity contribution in [3.8, 4) is 17.2 Å². The van der Waals surface area contributed by atoms with Crippen LogP contribution in [-0.4, -0.2) is 25.0 Å². The van der Waals surface area contributed by atoms with Gasteiger partial charge in [-0.25, -0.2) is 0 Å². The summed E-state index contributed by atoms with van der Waals surface area (Å²) < 4.78 is 52.9. The number of carbonyl (C=O) groups excluding carboxylic acids is 2. The van der Waals surface area contributed by atoms with E-state index in [-0.39, 0.29) is 12.2 Å². The quantitative estimate of drug-likeness (QED) is 0.525. The molecule has 27 heavy (non-hydrogen) atoms. The smallest absolute Gasteiger partial charge is 0.416 e. The monoisotopic (exact) mass is 382 g/mol. The van der Waals surface area contributed by atoms with E-state index in [4.69, 9.17) is 9.47 Å². The van der Waals surface area contributed by atoms with Crippen molar-refractivity contribution < 1.29 is 37.0 Å². The molecular formula is C19H17F3O5. The van der Waals surface area contributed by atoms with Crippen LogP contribution < -0.4 is 9.47 Å². The maximum atomic E-state index is 12.5. The molecule has 1 atom stereocenters. The first-order valence-corrected chi connectivity index (χ1v) is 7.90. The molecule has 0 aliphatic heterocycles. The van der Waals surface area contributed by atoms with Crippen molar-refractivity contribution in [2.45, 2.75) is 25.6 Å². The highest BCUT2D eigenvalue weighted by molar-refractivity contribution is 5.97. The molecule has 0 amide bonds. The number of alkyl halides is 3. The predicted molar refractivity (Wildman–Crippen MR) is 89.7 cm³/mol. The van der Waals surface area contributed by atoms with Gasteiger partial charge in [-0.1, -0.05) is 0 Å². The number of methoxy groups -OCH3 is 1. The van der Waals surface area contributed by atoms with Crippen LogP contribution >= 0.6 is 0 Å². The van der Waals surface area contributed by atoms with Gasteiger partial charge in [-0.05, 0) is 55.5 Å². The second-order valence-corrected chi connectivity index (χ2v) is 5.57. The Bertz CT molecular complexity index is 782. The Morgan fingerprint density at radius 1 is 0.926 bits per heavy atom. The summed E-state index contributed by atoms with van der Waals surface area (Å²) >= 11 is 0. The molecule has 0 radical (unpaired) electrons. The van der Waals surface area contributed by atoms with Crippen molar-refractivity contribution in [3.05, 3.63) is 54.1 Å². The molecule has 0 aliphatic rings. The molecule has 0 fully saturated rings. The van der Waals surface area contributed by atoms with Gasteiger partial charge in [0.05, 0.1) is 12.7 Å². The van der Waals surface area contributed by atoms with E-state index in [9.17, 15) is 22.8 Å². The summed E-state index contributed by atoms with van der Waals surface area (Å²) in [6.45, 7) is 1.51. The number of hydrogen-bond donors (Lipinski definition) is 0. The lowest BCUT2D eigenvalue weighted by Crippen LogP contribution is -2.26. The molecule has 2 aromatic carbocycles. The second kappa shape index (κ2) is 8.57. The highest BCUT2D eigenvalue weighted by atomic mass is 19.4. The maximum absolute atomic E-state index is 12.5. The van der Waals surface area contributed by atoms with E-state index >= 15 is 0 Å². The number of Topliss-reactive ketones (excluding diaryl/α,β-unsaturated/α-hetero) is 1. The second-order valence-electron chi connectivity index (χ2n) is 5.57. The van der Waals surface area contributed by atoms with Crippen LogP contribution in [0.4, 0.5) is 13.2 Å². The van der Waals surface area contributed by atoms with Gasteiger partial charge in [0, 0.05) is 0 Å². The number of hydrogen-bond acceptors (Lipinski definition) is 5. The van der Waals surface area contributed by atoms with Gasteiger partial charge in [-0.2, -0.15) is 13.2 Å². The molecule has 0 aromatic heterocycles. The number of ether oxygens (including phenoxy) is 3. The highest BCUT2D eigenvalue weighted by Gasteiger charge is 2.30. The van der Waals surface area contributed by atoms with Gasteiger partial charge in [0.25, 0.3) is 0 Å². The molecule has 2 rings (SSSR count).